The first-order valence-corrected chi connectivity index (χ1v) is 12.6. The molecule has 204 valence electrons. The third-order valence-electron chi connectivity index (χ3n) is 7.24. The zero-order valence-electron chi connectivity index (χ0n) is 21.9. The Morgan fingerprint density at radius 3 is 2.46 bits per heavy atom. The molecule has 12 heteroatoms. The van der Waals surface area contributed by atoms with Crippen LogP contribution in [0, 0.1) is 22.7 Å². The summed E-state index contributed by atoms with van der Waals surface area (Å²) in [7, 11) is 1.61. The number of alkyl halides is 3. The van der Waals surface area contributed by atoms with Crippen LogP contribution in [0.15, 0.2) is 41.2 Å². The summed E-state index contributed by atoms with van der Waals surface area (Å²) in [5.74, 6) is 0.407. The quantitative estimate of drug-likeness (QED) is 0.360. The van der Waals surface area contributed by atoms with Gasteiger partial charge in [-0.3, -0.25) is 9.47 Å². The van der Waals surface area contributed by atoms with Gasteiger partial charge in [-0.2, -0.15) is 28.7 Å². The summed E-state index contributed by atoms with van der Waals surface area (Å²) in [4.78, 5) is 25.8. The third kappa shape index (κ3) is 5.72. The Kier molecular flexibility index (Phi) is 8.19. The minimum Gasteiger partial charge on any atom is -0.349 e. The van der Waals surface area contributed by atoms with Gasteiger partial charge >= 0.3 is 11.9 Å². The standard InChI is InChI=1S/C27H29F3N8O/c1-4-21-16-37(25-24-22(36(3)26(39)35-25)10-9-20(13-32)34-24)17(2)15-38(21)23(14-33-12-11-31)18-5-7-19(8-6-18)27(28,29)30/h5-10,17,21,23,33H,4,12,14-16H2,1-3H3/t17-,21+,23?/m0/s1. The number of aryl methyl sites for hydroxylation is 1. The molecule has 2 aromatic heterocycles. The highest BCUT2D eigenvalue weighted by Gasteiger charge is 2.37. The van der Waals surface area contributed by atoms with Crippen molar-refractivity contribution >= 4 is 16.9 Å². The van der Waals surface area contributed by atoms with Gasteiger partial charge in [0, 0.05) is 44.8 Å². The van der Waals surface area contributed by atoms with E-state index in [2.05, 4.69) is 20.2 Å². The second-order valence-corrected chi connectivity index (χ2v) is 9.64. The fourth-order valence-electron chi connectivity index (χ4n) is 5.16. The molecule has 0 aliphatic carbocycles. The van der Waals surface area contributed by atoms with E-state index < -0.39 is 17.4 Å². The van der Waals surface area contributed by atoms with Gasteiger partial charge in [-0.15, -0.1) is 0 Å². The maximum Gasteiger partial charge on any atom is 0.416 e. The van der Waals surface area contributed by atoms with Gasteiger partial charge in [-0.1, -0.05) is 19.1 Å². The summed E-state index contributed by atoms with van der Waals surface area (Å²) in [6, 6.07) is 12.0. The van der Waals surface area contributed by atoms with E-state index >= 15 is 0 Å². The second-order valence-electron chi connectivity index (χ2n) is 9.64. The number of nitrogens with zero attached hydrogens (tertiary/aromatic N) is 7. The predicted octanol–water partition coefficient (Wildman–Crippen LogP) is 3.36. The minimum atomic E-state index is -4.43. The van der Waals surface area contributed by atoms with Crippen LogP contribution < -0.4 is 15.9 Å². The minimum absolute atomic E-state index is 0.0440. The van der Waals surface area contributed by atoms with Crippen molar-refractivity contribution in [2.45, 2.75) is 44.6 Å². The van der Waals surface area contributed by atoms with Gasteiger partial charge in [0.05, 0.1) is 23.7 Å². The first kappa shape index (κ1) is 28.0. The number of rotatable bonds is 7. The second kappa shape index (κ2) is 11.4. The van der Waals surface area contributed by atoms with Crippen LogP contribution >= 0.6 is 0 Å². The van der Waals surface area contributed by atoms with Crippen molar-refractivity contribution in [3.8, 4) is 12.1 Å². The van der Waals surface area contributed by atoms with Crippen molar-refractivity contribution in [2.75, 3.05) is 31.1 Å². The van der Waals surface area contributed by atoms with E-state index in [0.29, 0.717) is 42.0 Å². The van der Waals surface area contributed by atoms with Crippen LogP contribution in [0.1, 0.15) is 43.1 Å². The van der Waals surface area contributed by atoms with E-state index in [0.717, 1.165) is 18.6 Å². The van der Waals surface area contributed by atoms with Crippen LogP contribution in [0.4, 0.5) is 19.0 Å². The van der Waals surface area contributed by atoms with Gasteiger partial charge in [0.2, 0.25) is 0 Å². The van der Waals surface area contributed by atoms with Crippen LogP contribution in [-0.2, 0) is 13.2 Å². The molecular formula is C27H29F3N8O. The number of hydrogen-bond acceptors (Lipinski definition) is 8. The number of benzene rings is 1. The first-order chi connectivity index (χ1) is 18.6. The predicted molar refractivity (Wildman–Crippen MR) is 140 cm³/mol. The molecule has 1 aromatic carbocycles. The summed E-state index contributed by atoms with van der Waals surface area (Å²) >= 11 is 0. The van der Waals surface area contributed by atoms with Crippen molar-refractivity contribution < 1.29 is 13.2 Å². The average molecular weight is 539 g/mol. The van der Waals surface area contributed by atoms with E-state index in [-0.39, 0.29) is 30.4 Å². The maximum absolute atomic E-state index is 13.2. The van der Waals surface area contributed by atoms with Crippen LogP contribution in [0.3, 0.4) is 0 Å². The zero-order valence-corrected chi connectivity index (χ0v) is 21.9. The van der Waals surface area contributed by atoms with E-state index in [9.17, 15) is 23.2 Å². The lowest BCUT2D eigenvalue weighted by Gasteiger charge is -2.49. The Morgan fingerprint density at radius 2 is 1.85 bits per heavy atom. The van der Waals surface area contributed by atoms with Crippen molar-refractivity contribution in [2.24, 2.45) is 7.05 Å². The summed E-state index contributed by atoms with van der Waals surface area (Å²) in [6.07, 6.45) is -3.71. The van der Waals surface area contributed by atoms with Gasteiger partial charge in [-0.05, 0) is 43.2 Å². The molecular weight excluding hydrogens is 509 g/mol. The smallest absolute Gasteiger partial charge is 0.349 e. The zero-order chi connectivity index (χ0) is 28.3. The molecule has 3 atom stereocenters. The normalized spacial score (nSPS) is 19.0. The van der Waals surface area contributed by atoms with Gasteiger partial charge < -0.3 is 10.2 Å². The van der Waals surface area contributed by atoms with Crippen LogP contribution in [0.25, 0.3) is 11.0 Å². The summed E-state index contributed by atoms with van der Waals surface area (Å²) in [6.45, 7) is 5.52. The molecule has 39 heavy (non-hydrogen) atoms. The van der Waals surface area contributed by atoms with E-state index in [4.69, 9.17) is 5.26 Å². The number of pyridine rings is 1. The van der Waals surface area contributed by atoms with E-state index in [1.807, 2.05) is 30.9 Å². The first-order valence-electron chi connectivity index (χ1n) is 12.6. The fourth-order valence-corrected chi connectivity index (χ4v) is 5.16. The lowest BCUT2D eigenvalue weighted by atomic mass is 9.96. The average Bonchev–Trinajstić information content (AvgIpc) is 2.92. The van der Waals surface area contributed by atoms with Crippen molar-refractivity contribution in [3.05, 3.63) is 63.7 Å². The molecule has 3 heterocycles. The molecule has 1 saturated heterocycles. The summed E-state index contributed by atoms with van der Waals surface area (Å²) in [5.41, 5.74) is 0.804. The Balaban J connectivity index is 1.71. The number of halogens is 3. The molecule has 9 nitrogen and oxygen atoms in total. The van der Waals surface area contributed by atoms with Gasteiger partial charge in [0.15, 0.2) is 5.82 Å². The molecule has 4 rings (SSSR count). The largest absolute Gasteiger partial charge is 0.416 e. The molecule has 0 saturated carbocycles. The topological polar surface area (TPSA) is 114 Å². The lowest BCUT2D eigenvalue weighted by molar-refractivity contribution is -0.137. The number of piperazine rings is 1. The number of aromatic nitrogens is 3. The third-order valence-corrected chi connectivity index (χ3v) is 7.24. The molecule has 1 aliphatic rings. The van der Waals surface area contributed by atoms with Gasteiger partial charge in [0.25, 0.3) is 0 Å². The molecule has 0 bridgehead atoms. The highest BCUT2D eigenvalue weighted by Crippen LogP contribution is 2.34. The molecule has 1 N–H and O–H groups in total. The molecule has 0 amide bonds. The fraction of sp³-hybridized carbons (Fsp3) is 0.444. The molecule has 0 radical (unpaired) electrons. The Bertz CT molecular complexity index is 1470. The highest BCUT2D eigenvalue weighted by atomic mass is 19.4. The van der Waals surface area contributed by atoms with Crippen LogP contribution in [0.5, 0.6) is 0 Å². The van der Waals surface area contributed by atoms with Crippen LogP contribution in [0.2, 0.25) is 0 Å². The van der Waals surface area contributed by atoms with Crippen molar-refractivity contribution in [3.63, 3.8) is 0 Å². The molecule has 1 aliphatic heterocycles. The maximum atomic E-state index is 13.2. The van der Waals surface area contributed by atoms with E-state index in [1.165, 1.54) is 16.7 Å². The summed E-state index contributed by atoms with van der Waals surface area (Å²) in [5, 5.41) is 21.5. The number of hydrogen-bond donors (Lipinski definition) is 1. The lowest BCUT2D eigenvalue weighted by Crippen LogP contribution is -2.59. The van der Waals surface area contributed by atoms with Gasteiger partial charge in [-0.25, -0.2) is 9.78 Å². The number of anilines is 1. The van der Waals surface area contributed by atoms with E-state index in [1.54, 1.807) is 19.2 Å². The molecule has 3 aromatic rings. The highest BCUT2D eigenvalue weighted by molar-refractivity contribution is 5.86. The monoisotopic (exact) mass is 538 g/mol. The molecule has 0 spiro atoms. The Labute approximate surface area is 224 Å². The number of nitrogens with one attached hydrogen (secondary N) is 1. The Morgan fingerprint density at radius 1 is 1.13 bits per heavy atom. The number of fused-ring (bicyclic) bond motifs is 1. The van der Waals surface area contributed by atoms with Crippen molar-refractivity contribution in [1.82, 2.24) is 24.8 Å². The SMILES string of the molecule is CC[C@@H]1CN(c2nc(=O)n(C)c3ccc(C#N)nc23)[C@@H](C)CN1C(CNCC#N)c1ccc(C(F)(F)F)cc1. The Hall–Kier alpha value is -4.00. The van der Waals surface area contributed by atoms with Crippen molar-refractivity contribution in [1.29, 1.82) is 10.5 Å². The number of nitriles is 2. The molecule has 1 fully saturated rings. The summed E-state index contributed by atoms with van der Waals surface area (Å²) < 4.78 is 41.0. The van der Waals surface area contributed by atoms with Crippen LogP contribution in [-0.4, -0.2) is 57.7 Å². The molecule has 1 unspecified atom stereocenters. The van der Waals surface area contributed by atoms with Gasteiger partial charge in [0.1, 0.15) is 17.3 Å².